The zero-order chi connectivity index (χ0) is 16.1. The zero-order valence-corrected chi connectivity index (χ0v) is 17.3. The van der Waals surface area contributed by atoms with Crippen LogP contribution in [0, 0.1) is 5.92 Å². The molecule has 2 heterocycles. The largest absolute Gasteiger partial charge is 0.355 e. The highest BCUT2D eigenvalue weighted by Gasteiger charge is 2.37. The highest BCUT2D eigenvalue weighted by Crippen LogP contribution is 2.33. The van der Waals surface area contributed by atoms with E-state index in [1.807, 2.05) is 0 Å². The summed E-state index contributed by atoms with van der Waals surface area (Å²) in [6, 6.07) is 1.44. The van der Waals surface area contributed by atoms with Crippen LogP contribution in [0.15, 0.2) is 0 Å². The Morgan fingerprint density at radius 3 is 2.60 bits per heavy atom. The average Bonchev–Trinajstić information content (AvgIpc) is 3.00. The summed E-state index contributed by atoms with van der Waals surface area (Å²) in [7, 11) is 0. The monoisotopic (exact) mass is 393 g/mol. The van der Waals surface area contributed by atoms with Crippen LogP contribution in [0.5, 0.6) is 0 Å². The number of hydrogen-bond donors (Lipinski definition) is 2. The van der Waals surface area contributed by atoms with E-state index in [-0.39, 0.29) is 36.8 Å². The molecule has 4 unspecified atom stereocenters. The molecule has 1 saturated carbocycles. The molecule has 1 amide bonds. The van der Waals surface area contributed by atoms with E-state index >= 15 is 0 Å². The molecule has 6 heteroatoms. The Labute approximate surface area is 166 Å². The molecular formula is C19H37Cl2N3O. The molecule has 0 radical (unpaired) electrons. The first kappa shape index (κ1) is 23.0. The maximum absolute atomic E-state index is 12.3. The third kappa shape index (κ3) is 6.57. The molecule has 2 aliphatic heterocycles. The van der Waals surface area contributed by atoms with Crippen LogP contribution >= 0.6 is 24.8 Å². The molecule has 25 heavy (non-hydrogen) atoms. The summed E-state index contributed by atoms with van der Waals surface area (Å²) in [5.41, 5.74) is 0. The van der Waals surface area contributed by atoms with Gasteiger partial charge in [0.2, 0.25) is 5.91 Å². The van der Waals surface area contributed by atoms with Crippen molar-refractivity contribution in [2.24, 2.45) is 5.92 Å². The number of likely N-dealkylation sites (tertiary alicyclic amines) is 1. The Bertz CT molecular complexity index is 383. The summed E-state index contributed by atoms with van der Waals surface area (Å²) in [5, 5.41) is 6.73. The van der Waals surface area contributed by atoms with Crippen LogP contribution in [0.2, 0.25) is 0 Å². The molecule has 4 atom stereocenters. The fourth-order valence-electron chi connectivity index (χ4n) is 4.79. The van der Waals surface area contributed by atoms with Crippen LogP contribution in [0.1, 0.15) is 71.1 Å². The van der Waals surface area contributed by atoms with Gasteiger partial charge in [0, 0.05) is 18.6 Å². The second-order valence-corrected chi connectivity index (χ2v) is 7.98. The van der Waals surface area contributed by atoms with E-state index < -0.39 is 0 Å². The molecule has 0 aromatic heterocycles. The second kappa shape index (κ2) is 11.6. The lowest BCUT2D eigenvalue weighted by Gasteiger charge is -2.33. The van der Waals surface area contributed by atoms with E-state index in [9.17, 15) is 4.79 Å². The maximum atomic E-state index is 12.3. The average molecular weight is 394 g/mol. The van der Waals surface area contributed by atoms with Gasteiger partial charge < -0.3 is 15.5 Å². The van der Waals surface area contributed by atoms with Crippen molar-refractivity contribution in [1.29, 1.82) is 0 Å². The molecule has 0 aromatic rings. The minimum atomic E-state index is 0. The van der Waals surface area contributed by atoms with E-state index in [4.69, 9.17) is 0 Å². The molecule has 4 nitrogen and oxygen atoms in total. The minimum absolute atomic E-state index is 0. The summed E-state index contributed by atoms with van der Waals surface area (Å²) in [6.45, 7) is 5.66. The number of nitrogens with one attached hydrogen (secondary N) is 2. The number of rotatable bonds is 6. The van der Waals surface area contributed by atoms with Crippen LogP contribution in [0.25, 0.3) is 0 Å². The third-order valence-corrected chi connectivity index (χ3v) is 6.29. The number of piperidine rings is 1. The van der Waals surface area contributed by atoms with Crippen LogP contribution in [0.4, 0.5) is 0 Å². The molecule has 0 bridgehead atoms. The fraction of sp³-hybridized carbons (Fsp3) is 0.947. The van der Waals surface area contributed by atoms with Crippen LogP contribution in [-0.4, -0.2) is 48.6 Å². The normalized spacial score (nSPS) is 32.2. The lowest BCUT2D eigenvalue weighted by molar-refractivity contribution is -0.122. The van der Waals surface area contributed by atoms with Gasteiger partial charge in [-0.25, -0.2) is 0 Å². The van der Waals surface area contributed by atoms with Crippen molar-refractivity contribution in [3.8, 4) is 0 Å². The van der Waals surface area contributed by atoms with Crippen molar-refractivity contribution in [1.82, 2.24) is 15.5 Å². The van der Waals surface area contributed by atoms with Gasteiger partial charge in [0.05, 0.1) is 6.04 Å². The van der Waals surface area contributed by atoms with Crippen molar-refractivity contribution < 1.29 is 4.79 Å². The van der Waals surface area contributed by atoms with Gasteiger partial charge >= 0.3 is 0 Å². The molecular weight excluding hydrogens is 357 g/mol. The number of fused-ring (bicyclic) bond motifs is 1. The first-order chi connectivity index (χ1) is 11.2. The van der Waals surface area contributed by atoms with Gasteiger partial charge in [-0.2, -0.15) is 0 Å². The summed E-state index contributed by atoms with van der Waals surface area (Å²) in [6.07, 6.45) is 12.7. The molecule has 148 valence electrons. The predicted octanol–water partition coefficient (Wildman–Crippen LogP) is 3.52. The first-order valence-corrected chi connectivity index (χ1v) is 10.0. The highest BCUT2D eigenvalue weighted by atomic mass is 35.5. The number of unbranched alkanes of at least 4 members (excludes halogenated alkanes) is 1. The number of amides is 1. The van der Waals surface area contributed by atoms with Crippen molar-refractivity contribution >= 4 is 30.7 Å². The minimum Gasteiger partial charge on any atom is -0.355 e. The van der Waals surface area contributed by atoms with Crippen LogP contribution in [-0.2, 0) is 4.79 Å². The Balaban J connectivity index is 0.00000156. The smallest absolute Gasteiger partial charge is 0.237 e. The quantitative estimate of drug-likeness (QED) is 0.678. The van der Waals surface area contributed by atoms with Gasteiger partial charge in [-0.3, -0.25) is 4.79 Å². The van der Waals surface area contributed by atoms with Gasteiger partial charge in [0.25, 0.3) is 0 Å². The molecule has 1 aliphatic carbocycles. The summed E-state index contributed by atoms with van der Waals surface area (Å²) >= 11 is 0. The molecule has 0 aromatic carbocycles. The number of carbonyl (C=O) groups excluding carboxylic acids is 1. The first-order valence-electron chi connectivity index (χ1n) is 10.0. The van der Waals surface area contributed by atoms with Crippen molar-refractivity contribution in [2.75, 3.05) is 19.6 Å². The molecule has 0 spiro atoms. The Kier molecular flexibility index (Phi) is 10.7. The van der Waals surface area contributed by atoms with Crippen molar-refractivity contribution in [3.05, 3.63) is 0 Å². The lowest BCUT2D eigenvalue weighted by atomic mass is 9.85. The van der Waals surface area contributed by atoms with Gasteiger partial charge in [0.15, 0.2) is 0 Å². The molecule has 2 saturated heterocycles. The Morgan fingerprint density at radius 2 is 1.84 bits per heavy atom. The Morgan fingerprint density at radius 1 is 1.08 bits per heavy atom. The van der Waals surface area contributed by atoms with Gasteiger partial charge in [-0.15, -0.1) is 24.8 Å². The second-order valence-electron chi connectivity index (χ2n) is 7.98. The van der Waals surface area contributed by atoms with Crippen molar-refractivity contribution in [3.63, 3.8) is 0 Å². The van der Waals surface area contributed by atoms with Gasteiger partial charge in [-0.1, -0.05) is 19.3 Å². The Hall–Kier alpha value is -0.0300. The molecule has 3 aliphatic rings. The topological polar surface area (TPSA) is 44.4 Å². The fourth-order valence-corrected chi connectivity index (χ4v) is 4.79. The molecule has 3 rings (SSSR count). The standard InChI is InChI=1S/C19H35N3O.2ClH/c1-15-8-4-6-12-22(15)13-7-5-11-20-19(23)18-14-16-9-2-3-10-17(16)21-18;;/h15-18,21H,2-14H2,1H3,(H,20,23);2*1H. The third-order valence-electron chi connectivity index (χ3n) is 6.29. The number of nitrogens with zero attached hydrogens (tertiary/aromatic N) is 1. The van der Waals surface area contributed by atoms with E-state index in [1.54, 1.807) is 0 Å². The number of halogens is 2. The van der Waals surface area contributed by atoms with Crippen LogP contribution < -0.4 is 10.6 Å². The maximum Gasteiger partial charge on any atom is 0.237 e. The predicted molar refractivity (Wildman–Crippen MR) is 109 cm³/mol. The SMILES string of the molecule is CC1CCCCN1CCCCNC(=O)C1CC2CCCCC2N1.Cl.Cl. The molecule has 3 fully saturated rings. The zero-order valence-electron chi connectivity index (χ0n) is 15.7. The molecule has 2 N–H and O–H groups in total. The van der Waals surface area contributed by atoms with E-state index in [2.05, 4.69) is 22.5 Å². The van der Waals surface area contributed by atoms with Crippen LogP contribution in [0.3, 0.4) is 0 Å². The summed E-state index contributed by atoms with van der Waals surface area (Å²) in [4.78, 5) is 14.9. The number of carbonyl (C=O) groups is 1. The lowest BCUT2D eigenvalue weighted by Crippen LogP contribution is -2.43. The van der Waals surface area contributed by atoms with Crippen molar-refractivity contribution in [2.45, 2.75) is 89.3 Å². The van der Waals surface area contributed by atoms with E-state index in [1.165, 1.54) is 64.5 Å². The summed E-state index contributed by atoms with van der Waals surface area (Å²) in [5.74, 6) is 0.992. The van der Waals surface area contributed by atoms with Gasteiger partial charge in [-0.05, 0) is 70.9 Å². The van der Waals surface area contributed by atoms with Gasteiger partial charge in [0.1, 0.15) is 0 Å². The summed E-state index contributed by atoms with van der Waals surface area (Å²) < 4.78 is 0. The van der Waals surface area contributed by atoms with E-state index in [0.29, 0.717) is 6.04 Å². The highest BCUT2D eigenvalue weighted by molar-refractivity contribution is 5.85. The van der Waals surface area contributed by atoms with E-state index in [0.717, 1.165) is 31.3 Å². The number of hydrogen-bond acceptors (Lipinski definition) is 3.